The lowest BCUT2D eigenvalue weighted by molar-refractivity contribution is -0.101. The molecular weight excluding hydrogens is 164 g/mol. The van der Waals surface area contributed by atoms with E-state index in [0.717, 1.165) is 12.8 Å². The maximum Gasteiger partial charge on any atom is 0.154 e. The molecule has 78 valence electrons. The molecule has 0 rings (SSSR count). The van der Waals surface area contributed by atoms with Gasteiger partial charge in [-0.1, -0.05) is 25.8 Å². The van der Waals surface area contributed by atoms with Gasteiger partial charge in [0.25, 0.3) is 0 Å². The van der Waals surface area contributed by atoms with Crippen molar-refractivity contribution in [1.82, 2.24) is 0 Å². The zero-order valence-electron chi connectivity index (χ0n) is 8.67. The summed E-state index contributed by atoms with van der Waals surface area (Å²) in [6, 6.07) is 0. The summed E-state index contributed by atoms with van der Waals surface area (Å²) in [5.74, 6) is 0. The van der Waals surface area contributed by atoms with E-state index in [-0.39, 0.29) is 0 Å². The van der Waals surface area contributed by atoms with Crippen molar-refractivity contribution in [2.75, 3.05) is 6.61 Å². The van der Waals surface area contributed by atoms with E-state index in [9.17, 15) is 0 Å². The maximum absolute atomic E-state index is 9.06. The fraction of sp³-hybridized carbons (Fsp3) is 0.818. The van der Waals surface area contributed by atoms with E-state index >= 15 is 0 Å². The van der Waals surface area contributed by atoms with Gasteiger partial charge in [0.15, 0.2) is 6.29 Å². The molecule has 0 aliphatic rings. The molecule has 1 atom stereocenters. The first-order valence-electron chi connectivity index (χ1n) is 5.21. The molecule has 0 aliphatic carbocycles. The third-order valence-corrected chi connectivity index (χ3v) is 1.96. The van der Waals surface area contributed by atoms with Gasteiger partial charge in [-0.15, -0.1) is 6.58 Å². The number of aliphatic hydroxyl groups excluding tert-OH is 1. The third-order valence-electron chi connectivity index (χ3n) is 1.96. The molecule has 1 unspecified atom stereocenters. The molecule has 0 spiro atoms. The highest BCUT2D eigenvalue weighted by atomic mass is 16.6. The van der Waals surface area contributed by atoms with Gasteiger partial charge in [-0.3, -0.25) is 0 Å². The predicted molar refractivity (Wildman–Crippen MR) is 55.5 cm³/mol. The van der Waals surface area contributed by atoms with Crippen molar-refractivity contribution < 1.29 is 9.84 Å². The van der Waals surface area contributed by atoms with E-state index in [2.05, 4.69) is 6.58 Å². The van der Waals surface area contributed by atoms with Gasteiger partial charge in [0.1, 0.15) is 0 Å². The Morgan fingerprint density at radius 3 is 2.62 bits per heavy atom. The number of hydrogen-bond donors (Lipinski definition) is 1. The molecule has 1 N–H and O–H groups in total. The van der Waals surface area contributed by atoms with E-state index in [0.29, 0.717) is 13.0 Å². The number of allylic oxidation sites excluding steroid dienone is 1. The summed E-state index contributed by atoms with van der Waals surface area (Å²) in [4.78, 5) is 0. The molecule has 0 saturated carbocycles. The van der Waals surface area contributed by atoms with Gasteiger partial charge in [0, 0.05) is 6.61 Å². The SMILES string of the molecule is C=CCCCCCCOC(O)CC. The zero-order valence-corrected chi connectivity index (χ0v) is 8.67. The summed E-state index contributed by atoms with van der Waals surface area (Å²) < 4.78 is 5.13. The fourth-order valence-corrected chi connectivity index (χ4v) is 1.08. The summed E-state index contributed by atoms with van der Waals surface area (Å²) in [5.41, 5.74) is 0. The molecule has 0 saturated heterocycles. The Bertz CT molecular complexity index is 113. The Kier molecular flexibility index (Phi) is 9.49. The van der Waals surface area contributed by atoms with Crippen LogP contribution < -0.4 is 0 Å². The van der Waals surface area contributed by atoms with Gasteiger partial charge >= 0.3 is 0 Å². The molecule has 0 fully saturated rings. The van der Waals surface area contributed by atoms with Crippen molar-refractivity contribution in [3.8, 4) is 0 Å². The molecule has 13 heavy (non-hydrogen) atoms. The highest BCUT2D eigenvalue weighted by Gasteiger charge is 1.98. The molecule has 0 amide bonds. The minimum absolute atomic E-state index is 0.562. The minimum Gasteiger partial charge on any atom is -0.368 e. The van der Waals surface area contributed by atoms with Crippen molar-refractivity contribution in [2.45, 2.75) is 51.7 Å². The average Bonchev–Trinajstić information content (AvgIpc) is 2.16. The topological polar surface area (TPSA) is 29.5 Å². The molecule has 0 aromatic rings. The van der Waals surface area contributed by atoms with Gasteiger partial charge in [0.2, 0.25) is 0 Å². The van der Waals surface area contributed by atoms with Gasteiger partial charge in [-0.05, 0) is 25.7 Å². The summed E-state index contributed by atoms with van der Waals surface area (Å²) in [5, 5.41) is 9.06. The Labute approximate surface area is 81.6 Å². The Morgan fingerprint density at radius 2 is 2.00 bits per heavy atom. The summed E-state index contributed by atoms with van der Waals surface area (Å²) in [6.07, 6.45) is 7.87. The Morgan fingerprint density at radius 1 is 1.31 bits per heavy atom. The molecule has 0 bridgehead atoms. The van der Waals surface area contributed by atoms with Crippen molar-refractivity contribution in [3.05, 3.63) is 12.7 Å². The predicted octanol–water partition coefficient (Wildman–Crippen LogP) is 2.87. The number of rotatable bonds is 9. The van der Waals surface area contributed by atoms with E-state index in [1.54, 1.807) is 0 Å². The highest BCUT2D eigenvalue weighted by molar-refractivity contribution is 4.65. The second-order valence-corrected chi connectivity index (χ2v) is 3.23. The highest BCUT2D eigenvalue weighted by Crippen LogP contribution is 2.04. The van der Waals surface area contributed by atoms with E-state index < -0.39 is 6.29 Å². The van der Waals surface area contributed by atoms with Gasteiger partial charge in [0.05, 0.1) is 0 Å². The quantitative estimate of drug-likeness (QED) is 0.341. The van der Waals surface area contributed by atoms with Crippen molar-refractivity contribution in [2.24, 2.45) is 0 Å². The number of hydrogen-bond acceptors (Lipinski definition) is 2. The lowest BCUT2D eigenvalue weighted by atomic mass is 10.1. The molecule has 0 aromatic heterocycles. The van der Waals surface area contributed by atoms with Crippen LogP contribution in [-0.2, 0) is 4.74 Å². The monoisotopic (exact) mass is 186 g/mol. The summed E-state index contributed by atoms with van der Waals surface area (Å²) in [6.45, 7) is 6.27. The first kappa shape index (κ1) is 12.7. The van der Waals surface area contributed by atoms with Crippen LogP contribution >= 0.6 is 0 Å². The van der Waals surface area contributed by atoms with Crippen LogP contribution in [0, 0.1) is 0 Å². The Hall–Kier alpha value is -0.340. The second kappa shape index (κ2) is 9.75. The van der Waals surface area contributed by atoms with Crippen LogP contribution in [0.15, 0.2) is 12.7 Å². The van der Waals surface area contributed by atoms with Crippen LogP contribution in [0.3, 0.4) is 0 Å². The van der Waals surface area contributed by atoms with Crippen LogP contribution in [0.4, 0.5) is 0 Å². The normalized spacial score (nSPS) is 12.8. The Balaban J connectivity index is 2.95. The summed E-state index contributed by atoms with van der Waals surface area (Å²) >= 11 is 0. The maximum atomic E-state index is 9.06. The second-order valence-electron chi connectivity index (χ2n) is 3.23. The molecule has 0 heterocycles. The zero-order chi connectivity index (χ0) is 9.94. The van der Waals surface area contributed by atoms with E-state index in [4.69, 9.17) is 9.84 Å². The molecular formula is C11H22O2. The standard InChI is InChI=1S/C11H22O2/c1-3-5-6-7-8-9-10-13-11(12)4-2/h3,11-12H,1,4-10H2,2H3. The van der Waals surface area contributed by atoms with Crippen LogP contribution in [0.2, 0.25) is 0 Å². The molecule has 2 nitrogen and oxygen atoms in total. The van der Waals surface area contributed by atoms with Crippen LogP contribution in [0.5, 0.6) is 0 Å². The smallest absolute Gasteiger partial charge is 0.154 e. The number of aliphatic hydroxyl groups is 1. The largest absolute Gasteiger partial charge is 0.368 e. The van der Waals surface area contributed by atoms with Crippen LogP contribution in [0.1, 0.15) is 45.4 Å². The third kappa shape index (κ3) is 9.57. The van der Waals surface area contributed by atoms with Crippen molar-refractivity contribution in [3.63, 3.8) is 0 Å². The summed E-state index contributed by atoms with van der Waals surface area (Å²) in [7, 11) is 0. The van der Waals surface area contributed by atoms with Gasteiger partial charge in [-0.2, -0.15) is 0 Å². The molecule has 2 heteroatoms. The lowest BCUT2D eigenvalue weighted by Gasteiger charge is -2.08. The number of ether oxygens (including phenoxy) is 1. The molecule has 0 aromatic carbocycles. The molecule has 0 aliphatic heterocycles. The van der Waals surface area contributed by atoms with Crippen molar-refractivity contribution >= 4 is 0 Å². The fourth-order valence-electron chi connectivity index (χ4n) is 1.08. The van der Waals surface area contributed by atoms with E-state index in [1.807, 2.05) is 13.0 Å². The number of unbranched alkanes of at least 4 members (excludes halogenated alkanes) is 4. The van der Waals surface area contributed by atoms with Crippen LogP contribution in [-0.4, -0.2) is 18.0 Å². The first-order valence-corrected chi connectivity index (χ1v) is 5.21. The van der Waals surface area contributed by atoms with Crippen LogP contribution in [0.25, 0.3) is 0 Å². The first-order chi connectivity index (χ1) is 6.31. The van der Waals surface area contributed by atoms with E-state index in [1.165, 1.54) is 19.3 Å². The lowest BCUT2D eigenvalue weighted by Crippen LogP contribution is -2.10. The van der Waals surface area contributed by atoms with Crippen molar-refractivity contribution in [1.29, 1.82) is 0 Å². The average molecular weight is 186 g/mol. The minimum atomic E-state index is -0.562. The van der Waals surface area contributed by atoms with Gasteiger partial charge < -0.3 is 9.84 Å². The van der Waals surface area contributed by atoms with Gasteiger partial charge in [-0.25, -0.2) is 0 Å². The molecule has 0 radical (unpaired) electrons.